The molecule has 0 aliphatic carbocycles. The van der Waals surface area contributed by atoms with Crippen molar-refractivity contribution in [1.29, 1.82) is 0 Å². The van der Waals surface area contributed by atoms with Crippen LogP contribution in [0.15, 0.2) is 0 Å². The maximum Gasteiger partial charge on any atom is 0.306 e. The molecule has 1 rings (SSSR count). The van der Waals surface area contributed by atoms with Crippen molar-refractivity contribution < 1.29 is 19.1 Å². The molecule has 0 saturated carbocycles. The molecule has 1 aliphatic heterocycles. The Balaban J connectivity index is 2.62. The molecule has 104 valence electrons. The van der Waals surface area contributed by atoms with Crippen molar-refractivity contribution in [1.82, 2.24) is 5.32 Å². The van der Waals surface area contributed by atoms with E-state index in [1.807, 2.05) is 0 Å². The van der Waals surface area contributed by atoms with Crippen LogP contribution in [0.5, 0.6) is 0 Å². The number of nitrogens with one attached hydrogen (secondary N) is 1. The van der Waals surface area contributed by atoms with E-state index in [4.69, 9.17) is 9.47 Å². The molecule has 0 unspecified atom stereocenters. The van der Waals surface area contributed by atoms with E-state index in [0.717, 1.165) is 25.9 Å². The summed E-state index contributed by atoms with van der Waals surface area (Å²) < 4.78 is 10.00. The zero-order valence-corrected chi connectivity index (χ0v) is 11.3. The second-order valence-electron chi connectivity index (χ2n) is 4.71. The van der Waals surface area contributed by atoms with Gasteiger partial charge in [0.25, 0.3) is 0 Å². The number of hydrogen-bond donors (Lipinski definition) is 1. The number of hydrogen-bond acceptors (Lipinski definition) is 5. The van der Waals surface area contributed by atoms with Gasteiger partial charge in [0.1, 0.15) is 0 Å². The molecule has 0 radical (unpaired) electrons. The van der Waals surface area contributed by atoms with E-state index in [-0.39, 0.29) is 17.4 Å². The van der Waals surface area contributed by atoms with Crippen LogP contribution in [0.3, 0.4) is 0 Å². The number of piperidine rings is 1. The second kappa shape index (κ2) is 7.36. The molecule has 0 aromatic heterocycles. The second-order valence-corrected chi connectivity index (χ2v) is 4.71. The quantitative estimate of drug-likeness (QED) is 0.726. The highest BCUT2D eigenvalue weighted by Gasteiger charge is 2.37. The first-order valence-corrected chi connectivity index (χ1v) is 6.64. The highest BCUT2D eigenvalue weighted by atomic mass is 16.5. The Morgan fingerprint density at radius 1 is 1.00 bits per heavy atom. The molecule has 0 spiro atoms. The van der Waals surface area contributed by atoms with E-state index in [2.05, 4.69) is 5.32 Å². The number of carbonyl (C=O) groups excluding carboxylic acids is 2. The molecule has 0 aromatic rings. The Morgan fingerprint density at radius 3 is 1.83 bits per heavy atom. The third kappa shape index (κ3) is 4.64. The first-order valence-electron chi connectivity index (χ1n) is 6.64. The molecule has 5 nitrogen and oxygen atoms in total. The van der Waals surface area contributed by atoms with Gasteiger partial charge in [0, 0.05) is 0 Å². The van der Waals surface area contributed by atoms with E-state index in [9.17, 15) is 9.59 Å². The summed E-state index contributed by atoms with van der Waals surface area (Å²) in [6.45, 7) is 6.01. The number of rotatable bonds is 6. The minimum absolute atomic E-state index is 0.219. The Kier molecular flexibility index (Phi) is 6.12. The van der Waals surface area contributed by atoms with E-state index in [0.29, 0.717) is 26.1 Å². The minimum Gasteiger partial charge on any atom is -0.466 e. The maximum absolute atomic E-state index is 11.7. The molecule has 0 bridgehead atoms. The zero-order chi connectivity index (χ0) is 13.4. The van der Waals surface area contributed by atoms with Gasteiger partial charge in [-0.2, -0.15) is 0 Å². The van der Waals surface area contributed by atoms with Crippen LogP contribution in [0, 0.1) is 5.41 Å². The first-order chi connectivity index (χ1) is 8.62. The molecule has 1 N–H and O–H groups in total. The lowest BCUT2D eigenvalue weighted by atomic mass is 9.73. The lowest BCUT2D eigenvalue weighted by molar-refractivity contribution is -0.151. The summed E-state index contributed by atoms with van der Waals surface area (Å²) in [7, 11) is 0. The van der Waals surface area contributed by atoms with E-state index < -0.39 is 0 Å². The lowest BCUT2D eigenvalue weighted by Gasteiger charge is -2.36. The Hall–Kier alpha value is -1.10. The van der Waals surface area contributed by atoms with Gasteiger partial charge in [-0.1, -0.05) is 0 Å². The van der Waals surface area contributed by atoms with Crippen LogP contribution in [0.1, 0.15) is 39.5 Å². The molecule has 1 fully saturated rings. The summed E-state index contributed by atoms with van der Waals surface area (Å²) in [5.74, 6) is -0.438. The van der Waals surface area contributed by atoms with Gasteiger partial charge in [-0.05, 0) is 45.2 Å². The Labute approximate surface area is 108 Å². The largest absolute Gasteiger partial charge is 0.466 e. The summed E-state index contributed by atoms with van der Waals surface area (Å²) >= 11 is 0. The maximum atomic E-state index is 11.7. The smallest absolute Gasteiger partial charge is 0.306 e. The van der Waals surface area contributed by atoms with E-state index >= 15 is 0 Å². The van der Waals surface area contributed by atoms with Crippen molar-refractivity contribution in [3.8, 4) is 0 Å². The predicted molar refractivity (Wildman–Crippen MR) is 67.0 cm³/mol. The van der Waals surface area contributed by atoms with Crippen LogP contribution in [0.2, 0.25) is 0 Å². The van der Waals surface area contributed by atoms with Crippen LogP contribution in [0.25, 0.3) is 0 Å². The van der Waals surface area contributed by atoms with Crippen LogP contribution < -0.4 is 5.32 Å². The molecule has 0 atom stereocenters. The summed E-state index contributed by atoms with van der Waals surface area (Å²) in [5.41, 5.74) is -0.288. The highest BCUT2D eigenvalue weighted by molar-refractivity contribution is 5.74. The molecule has 0 aromatic carbocycles. The molecule has 1 heterocycles. The fraction of sp³-hybridized carbons (Fsp3) is 0.846. The normalized spacial score (nSPS) is 18.1. The number of carbonyl (C=O) groups is 2. The van der Waals surface area contributed by atoms with Gasteiger partial charge >= 0.3 is 11.9 Å². The third-order valence-corrected chi connectivity index (χ3v) is 3.31. The van der Waals surface area contributed by atoms with Gasteiger partial charge < -0.3 is 14.8 Å². The van der Waals surface area contributed by atoms with Gasteiger partial charge in [0.2, 0.25) is 0 Å². The first kappa shape index (κ1) is 15.0. The van der Waals surface area contributed by atoms with Gasteiger partial charge in [-0.15, -0.1) is 0 Å². The van der Waals surface area contributed by atoms with Crippen LogP contribution in [-0.2, 0) is 19.1 Å². The van der Waals surface area contributed by atoms with Gasteiger partial charge in [-0.3, -0.25) is 9.59 Å². The summed E-state index contributed by atoms with van der Waals surface area (Å²) in [6.07, 6.45) is 2.23. The van der Waals surface area contributed by atoms with Crippen molar-refractivity contribution in [2.75, 3.05) is 26.3 Å². The van der Waals surface area contributed by atoms with Crippen molar-refractivity contribution in [2.45, 2.75) is 39.5 Å². The average Bonchev–Trinajstić information content (AvgIpc) is 2.30. The summed E-state index contributed by atoms with van der Waals surface area (Å²) in [4.78, 5) is 23.3. The number of esters is 2. The fourth-order valence-corrected chi connectivity index (χ4v) is 2.41. The fourth-order valence-electron chi connectivity index (χ4n) is 2.41. The molecule has 0 amide bonds. The summed E-state index contributed by atoms with van der Waals surface area (Å²) in [6, 6.07) is 0. The van der Waals surface area contributed by atoms with Crippen molar-refractivity contribution >= 4 is 11.9 Å². The SMILES string of the molecule is CCOC(=O)CC1(CC(=O)OCC)CCNCC1. The molecule has 1 saturated heterocycles. The van der Waals surface area contributed by atoms with Crippen molar-refractivity contribution in [3.63, 3.8) is 0 Å². The van der Waals surface area contributed by atoms with E-state index in [1.54, 1.807) is 13.8 Å². The van der Waals surface area contributed by atoms with Gasteiger partial charge in [0.15, 0.2) is 0 Å². The standard InChI is InChI=1S/C13H23NO4/c1-3-17-11(15)9-13(5-7-14-8-6-13)10-12(16)18-4-2/h14H,3-10H2,1-2H3. The van der Waals surface area contributed by atoms with Crippen LogP contribution >= 0.6 is 0 Å². The predicted octanol–water partition coefficient (Wildman–Crippen LogP) is 1.26. The highest BCUT2D eigenvalue weighted by Crippen LogP contribution is 2.37. The van der Waals surface area contributed by atoms with Gasteiger partial charge in [-0.25, -0.2) is 0 Å². The molecular weight excluding hydrogens is 234 g/mol. The Bertz CT molecular complexity index is 263. The summed E-state index contributed by atoms with van der Waals surface area (Å²) in [5, 5.41) is 3.25. The molecule has 18 heavy (non-hydrogen) atoms. The van der Waals surface area contributed by atoms with E-state index in [1.165, 1.54) is 0 Å². The van der Waals surface area contributed by atoms with Crippen LogP contribution in [0.4, 0.5) is 0 Å². The number of ether oxygens (including phenoxy) is 2. The topological polar surface area (TPSA) is 64.6 Å². The van der Waals surface area contributed by atoms with Gasteiger partial charge in [0.05, 0.1) is 26.1 Å². The molecule has 1 aliphatic rings. The van der Waals surface area contributed by atoms with Crippen LogP contribution in [-0.4, -0.2) is 38.2 Å². The minimum atomic E-state index is -0.288. The Morgan fingerprint density at radius 2 is 1.44 bits per heavy atom. The molecular formula is C13H23NO4. The third-order valence-electron chi connectivity index (χ3n) is 3.31. The zero-order valence-electron chi connectivity index (χ0n) is 11.3. The monoisotopic (exact) mass is 257 g/mol. The average molecular weight is 257 g/mol. The van der Waals surface area contributed by atoms with Crippen molar-refractivity contribution in [3.05, 3.63) is 0 Å². The van der Waals surface area contributed by atoms with Crippen molar-refractivity contribution in [2.24, 2.45) is 5.41 Å². The molecule has 5 heteroatoms. The lowest BCUT2D eigenvalue weighted by Crippen LogP contribution is -2.40.